The summed E-state index contributed by atoms with van der Waals surface area (Å²) in [5, 5.41) is 2.69. The number of carbonyl (C=O) groups excluding carboxylic acids is 1. The second kappa shape index (κ2) is 10.3. The summed E-state index contributed by atoms with van der Waals surface area (Å²) in [7, 11) is -0.868. The van der Waals surface area contributed by atoms with Crippen LogP contribution in [0.15, 0.2) is 41.3 Å². The van der Waals surface area contributed by atoms with Gasteiger partial charge in [-0.25, -0.2) is 8.42 Å². The van der Waals surface area contributed by atoms with Crippen LogP contribution in [0.1, 0.15) is 19.4 Å². The number of nitrogens with zero attached hydrogens (tertiary/aromatic N) is 1. The molecule has 0 aliphatic carbocycles. The van der Waals surface area contributed by atoms with Crippen molar-refractivity contribution in [3.05, 3.63) is 42.0 Å². The van der Waals surface area contributed by atoms with Crippen molar-refractivity contribution in [2.24, 2.45) is 0 Å². The molecule has 0 radical (unpaired) electrons. The third kappa shape index (κ3) is 5.43. The number of hydrogen-bond donors (Lipinski definition) is 1. The van der Waals surface area contributed by atoms with Crippen molar-refractivity contribution in [2.75, 3.05) is 39.2 Å². The molecule has 1 amide bonds. The third-order valence-electron chi connectivity index (χ3n) is 4.44. The summed E-state index contributed by atoms with van der Waals surface area (Å²) in [6, 6.07) is 9.63. The van der Waals surface area contributed by atoms with Crippen LogP contribution >= 0.6 is 0 Å². The van der Waals surface area contributed by atoms with Crippen molar-refractivity contribution in [3.8, 4) is 17.2 Å². The van der Waals surface area contributed by atoms with Crippen LogP contribution in [0.25, 0.3) is 0 Å². The molecule has 30 heavy (non-hydrogen) atoms. The average molecular weight is 437 g/mol. The summed E-state index contributed by atoms with van der Waals surface area (Å²) in [5.74, 6) is 1.12. The highest BCUT2D eigenvalue weighted by molar-refractivity contribution is 7.89. The van der Waals surface area contributed by atoms with Crippen molar-refractivity contribution >= 4 is 21.6 Å². The van der Waals surface area contributed by atoms with Crippen molar-refractivity contribution in [1.29, 1.82) is 0 Å². The van der Waals surface area contributed by atoms with E-state index < -0.39 is 15.9 Å². The van der Waals surface area contributed by atoms with E-state index >= 15 is 0 Å². The molecule has 1 N–H and O–H groups in total. The summed E-state index contributed by atoms with van der Waals surface area (Å²) in [4.78, 5) is 12.7. The van der Waals surface area contributed by atoms with Crippen LogP contribution in [0.5, 0.6) is 17.2 Å². The van der Waals surface area contributed by atoms with Crippen molar-refractivity contribution in [1.82, 2.24) is 4.31 Å². The lowest BCUT2D eigenvalue weighted by Crippen LogP contribution is -2.37. The number of ether oxygens (including phenoxy) is 3. The number of anilines is 1. The first-order valence-corrected chi connectivity index (χ1v) is 11.0. The average Bonchev–Trinajstić information content (AvgIpc) is 2.73. The van der Waals surface area contributed by atoms with E-state index in [0.717, 1.165) is 4.31 Å². The van der Waals surface area contributed by atoms with E-state index in [4.69, 9.17) is 14.2 Å². The molecule has 0 heterocycles. The van der Waals surface area contributed by atoms with Crippen LogP contribution in [0.3, 0.4) is 0 Å². The number of likely N-dealkylation sites (N-methyl/N-ethyl adjacent to an activating group) is 1. The summed E-state index contributed by atoms with van der Waals surface area (Å²) in [6.45, 7) is 5.60. The number of hydrogen-bond acceptors (Lipinski definition) is 6. The minimum absolute atomic E-state index is 0.108. The van der Waals surface area contributed by atoms with E-state index in [9.17, 15) is 13.2 Å². The zero-order chi connectivity index (χ0) is 22.3. The van der Waals surface area contributed by atoms with Gasteiger partial charge < -0.3 is 19.5 Å². The second-order valence-corrected chi connectivity index (χ2v) is 8.34. The zero-order valence-corrected chi connectivity index (χ0v) is 18.7. The molecule has 0 aromatic heterocycles. The van der Waals surface area contributed by atoms with Crippen molar-refractivity contribution in [2.45, 2.75) is 25.7 Å². The number of sulfonamides is 1. The molecule has 0 saturated heterocycles. The van der Waals surface area contributed by atoms with Gasteiger partial charge in [0.25, 0.3) is 0 Å². The Bertz CT molecular complexity index is 991. The highest BCUT2D eigenvalue weighted by Gasteiger charge is 2.26. The number of nitrogens with one attached hydrogen (secondary N) is 1. The number of amides is 1. The molecule has 0 spiro atoms. The number of rotatable bonds is 10. The molecule has 164 valence electrons. The van der Waals surface area contributed by atoms with E-state index in [-0.39, 0.29) is 18.0 Å². The van der Waals surface area contributed by atoms with Crippen molar-refractivity contribution < 1.29 is 27.4 Å². The molecule has 0 bridgehead atoms. The minimum atomic E-state index is -3.86. The van der Waals surface area contributed by atoms with E-state index in [1.54, 1.807) is 44.2 Å². The van der Waals surface area contributed by atoms with Crippen molar-refractivity contribution in [3.63, 3.8) is 0 Å². The van der Waals surface area contributed by atoms with E-state index in [0.29, 0.717) is 35.1 Å². The van der Waals surface area contributed by atoms with Gasteiger partial charge >= 0.3 is 0 Å². The standard InChI is InChI=1S/C21H28N2O6S/c1-6-23(30(25,26)17-9-11-19(29-7-2)15(3)12-17)14-21(24)22-18-13-16(27-4)8-10-20(18)28-5/h8-13H,6-7,14H2,1-5H3,(H,22,24). The zero-order valence-electron chi connectivity index (χ0n) is 17.9. The Morgan fingerprint density at radius 3 is 2.30 bits per heavy atom. The predicted octanol–water partition coefficient (Wildman–Crippen LogP) is 3.06. The Kier molecular flexibility index (Phi) is 8.08. The first-order valence-electron chi connectivity index (χ1n) is 9.52. The molecule has 0 fully saturated rings. The van der Waals surface area contributed by atoms with Gasteiger partial charge in [-0.3, -0.25) is 4.79 Å². The predicted molar refractivity (Wildman–Crippen MR) is 115 cm³/mol. The fourth-order valence-corrected chi connectivity index (χ4v) is 4.37. The Morgan fingerprint density at radius 2 is 1.73 bits per heavy atom. The molecule has 2 aromatic rings. The molecule has 0 saturated carbocycles. The van der Waals surface area contributed by atoms with Crippen LogP contribution in [0.4, 0.5) is 5.69 Å². The molecular weight excluding hydrogens is 408 g/mol. The summed E-state index contributed by atoms with van der Waals surface area (Å²) >= 11 is 0. The van der Waals surface area contributed by atoms with Crippen LogP contribution in [0, 0.1) is 6.92 Å². The molecule has 0 unspecified atom stereocenters. The van der Waals surface area contributed by atoms with Gasteiger partial charge in [0.15, 0.2) is 0 Å². The lowest BCUT2D eigenvalue weighted by atomic mass is 10.2. The molecule has 0 aliphatic heterocycles. The maximum atomic E-state index is 13.1. The maximum Gasteiger partial charge on any atom is 0.243 e. The fraction of sp³-hybridized carbons (Fsp3) is 0.381. The van der Waals surface area contributed by atoms with Gasteiger partial charge in [0.1, 0.15) is 17.2 Å². The Labute approximate surface area is 177 Å². The molecule has 2 aromatic carbocycles. The van der Waals surface area contributed by atoms with Gasteiger partial charge in [-0.05, 0) is 49.7 Å². The molecule has 2 rings (SSSR count). The van der Waals surface area contributed by atoms with Gasteiger partial charge in [-0.15, -0.1) is 0 Å². The Morgan fingerprint density at radius 1 is 1.03 bits per heavy atom. The summed E-state index contributed by atoms with van der Waals surface area (Å²) < 4.78 is 43.1. The fourth-order valence-electron chi connectivity index (χ4n) is 2.88. The SMILES string of the molecule is CCOc1ccc(S(=O)(=O)N(CC)CC(=O)Nc2cc(OC)ccc2OC)cc1C. The van der Waals surface area contributed by atoms with Crippen LogP contribution in [-0.2, 0) is 14.8 Å². The number of benzene rings is 2. The summed E-state index contributed by atoms with van der Waals surface area (Å²) in [5.41, 5.74) is 1.10. The van der Waals surface area contributed by atoms with Crippen LogP contribution in [-0.4, -0.2) is 52.5 Å². The summed E-state index contributed by atoms with van der Waals surface area (Å²) in [6.07, 6.45) is 0. The number of aryl methyl sites for hydroxylation is 1. The van der Waals surface area contributed by atoms with Gasteiger partial charge in [0.2, 0.25) is 15.9 Å². The second-order valence-electron chi connectivity index (χ2n) is 6.41. The Hall–Kier alpha value is -2.78. The number of methoxy groups -OCH3 is 2. The highest BCUT2D eigenvalue weighted by Crippen LogP contribution is 2.29. The van der Waals surface area contributed by atoms with Gasteiger partial charge in [0.05, 0.1) is 38.0 Å². The number of carbonyl (C=O) groups is 1. The Balaban J connectivity index is 2.21. The van der Waals surface area contributed by atoms with E-state index in [2.05, 4.69) is 5.32 Å². The van der Waals surface area contributed by atoms with Gasteiger partial charge in [-0.2, -0.15) is 4.31 Å². The topological polar surface area (TPSA) is 94.2 Å². The minimum Gasteiger partial charge on any atom is -0.497 e. The van der Waals surface area contributed by atoms with Gasteiger partial charge in [0, 0.05) is 12.6 Å². The maximum absolute atomic E-state index is 13.1. The highest BCUT2D eigenvalue weighted by atomic mass is 32.2. The first kappa shape index (κ1) is 23.5. The van der Waals surface area contributed by atoms with E-state index in [1.165, 1.54) is 20.3 Å². The lowest BCUT2D eigenvalue weighted by molar-refractivity contribution is -0.116. The van der Waals surface area contributed by atoms with Gasteiger partial charge in [-0.1, -0.05) is 6.92 Å². The smallest absolute Gasteiger partial charge is 0.243 e. The lowest BCUT2D eigenvalue weighted by Gasteiger charge is -2.21. The normalized spacial score (nSPS) is 11.3. The van der Waals surface area contributed by atoms with Crippen LogP contribution in [0.2, 0.25) is 0 Å². The first-order chi connectivity index (χ1) is 14.3. The molecule has 0 aliphatic rings. The van der Waals surface area contributed by atoms with E-state index in [1.807, 2.05) is 6.92 Å². The molecular formula is C21H28N2O6S. The third-order valence-corrected chi connectivity index (χ3v) is 6.35. The molecule has 0 atom stereocenters. The monoisotopic (exact) mass is 436 g/mol. The molecule has 8 nitrogen and oxygen atoms in total. The largest absolute Gasteiger partial charge is 0.497 e. The molecule has 9 heteroatoms. The quantitative estimate of drug-likeness (QED) is 0.615. The van der Waals surface area contributed by atoms with Crippen LogP contribution < -0.4 is 19.5 Å².